The van der Waals surface area contributed by atoms with Crippen molar-refractivity contribution in [3.05, 3.63) is 95.3 Å². The third-order valence-corrected chi connectivity index (χ3v) is 6.50. The summed E-state index contributed by atoms with van der Waals surface area (Å²) in [5, 5.41) is 3.45. The van der Waals surface area contributed by atoms with Crippen molar-refractivity contribution in [3.63, 3.8) is 0 Å². The first-order chi connectivity index (χ1) is 17.6. The Labute approximate surface area is 214 Å². The molecule has 3 heterocycles. The van der Waals surface area contributed by atoms with Crippen LogP contribution in [0.5, 0.6) is 0 Å². The lowest BCUT2D eigenvalue weighted by molar-refractivity contribution is -0.137. The molecule has 0 bridgehead atoms. The summed E-state index contributed by atoms with van der Waals surface area (Å²) in [4.78, 5) is 15.4. The van der Waals surface area contributed by atoms with Crippen molar-refractivity contribution in [2.75, 3.05) is 16.8 Å². The highest BCUT2D eigenvalue weighted by Gasteiger charge is 2.36. The van der Waals surface area contributed by atoms with Gasteiger partial charge >= 0.3 is 6.18 Å². The molecule has 37 heavy (non-hydrogen) atoms. The number of nitrogens with zero attached hydrogens (tertiary/aromatic N) is 4. The maximum Gasteiger partial charge on any atom is 0.419 e. The molecule has 2 aromatic heterocycles. The van der Waals surface area contributed by atoms with E-state index in [0.717, 1.165) is 22.9 Å². The number of benzene rings is 2. The molecule has 0 unspecified atom stereocenters. The highest BCUT2D eigenvalue weighted by molar-refractivity contribution is 5.66. The fraction of sp³-hybridized carbons (Fsp3) is 0.276. The molecule has 190 valence electrons. The molecule has 1 N–H and O–H groups in total. The highest BCUT2D eigenvalue weighted by atomic mass is 19.4. The summed E-state index contributed by atoms with van der Waals surface area (Å²) in [7, 11) is 0. The molecule has 0 atom stereocenters. The van der Waals surface area contributed by atoms with Gasteiger partial charge in [-0.3, -0.25) is 0 Å². The van der Waals surface area contributed by atoms with Crippen LogP contribution in [-0.2, 0) is 24.6 Å². The van der Waals surface area contributed by atoms with Gasteiger partial charge in [0, 0.05) is 29.6 Å². The number of aromatic nitrogens is 3. The molecule has 0 aliphatic carbocycles. The molecule has 5 rings (SSSR count). The Morgan fingerprint density at radius 3 is 2.27 bits per heavy atom. The average molecular weight is 504 g/mol. The molecule has 0 spiro atoms. The van der Waals surface area contributed by atoms with Crippen molar-refractivity contribution in [1.29, 1.82) is 0 Å². The van der Waals surface area contributed by atoms with Crippen LogP contribution in [0.25, 0.3) is 11.4 Å². The van der Waals surface area contributed by atoms with Gasteiger partial charge in [0.05, 0.1) is 17.8 Å². The predicted octanol–water partition coefficient (Wildman–Crippen LogP) is 7.16. The first-order valence-electron chi connectivity index (χ1n) is 12.2. The molecule has 0 saturated carbocycles. The summed E-state index contributed by atoms with van der Waals surface area (Å²) in [5.74, 6) is 1.11. The van der Waals surface area contributed by atoms with Gasteiger partial charge < -0.3 is 10.2 Å². The number of alkyl halides is 3. The molecular formula is C29H28F3N5. The minimum absolute atomic E-state index is 0.0390. The van der Waals surface area contributed by atoms with E-state index in [-0.39, 0.29) is 17.8 Å². The molecule has 4 aromatic rings. The molecular weight excluding hydrogens is 475 g/mol. The van der Waals surface area contributed by atoms with E-state index in [1.54, 1.807) is 4.90 Å². The molecule has 0 amide bonds. The van der Waals surface area contributed by atoms with Crippen molar-refractivity contribution < 1.29 is 13.2 Å². The van der Waals surface area contributed by atoms with Crippen molar-refractivity contribution >= 4 is 17.3 Å². The van der Waals surface area contributed by atoms with Crippen molar-refractivity contribution in [1.82, 2.24) is 15.0 Å². The Morgan fingerprint density at radius 2 is 1.59 bits per heavy atom. The molecule has 8 heteroatoms. The average Bonchev–Trinajstić information content (AvgIpc) is 2.88. The number of nitrogens with one attached hydrogen (secondary N) is 1. The van der Waals surface area contributed by atoms with Gasteiger partial charge in [-0.15, -0.1) is 0 Å². The van der Waals surface area contributed by atoms with E-state index in [0.29, 0.717) is 30.3 Å². The Balaban J connectivity index is 1.54. The normalized spacial score (nSPS) is 13.8. The third kappa shape index (κ3) is 5.28. The largest absolute Gasteiger partial charge is 0.419 e. The third-order valence-electron chi connectivity index (χ3n) is 6.50. The number of anilines is 3. The fourth-order valence-corrected chi connectivity index (χ4v) is 4.49. The molecule has 0 saturated heterocycles. The van der Waals surface area contributed by atoms with Gasteiger partial charge in [0.15, 0.2) is 5.82 Å². The zero-order chi connectivity index (χ0) is 26.2. The number of pyridine rings is 1. The summed E-state index contributed by atoms with van der Waals surface area (Å²) in [5.41, 5.74) is 3.83. The van der Waals surface area contributed by atoms with Gasteiger partial charge in [0.25, 0.3) is 0 Å². The molecule has 1 aliphatic rings. The lowest BCUT2D eigenvalue weighted by Crippen LogP contribution is -2.34. The van der Waals surface area contributed by atoms with Crippen LogP contribution in [0.1, 0.15) is 43.2 Å². The second-order valence-corrected chi connectivity index (χ2v) is 10.2. The summed E-state index contributed by atoms with van der Waals surface area (Å²) in [6, 6.07) is 20.2. The second-order valence-electron chi connectivity index (χ2n) is 10.2. The molecule has 1 aliphatic heterocycles. The lowest BCUT2D eigenvalue weighted by atomic mass is 9.87. The van der Waals surface area contributed by atoms with E-state index in [4.69, 9.17) is 9.97 Å². The Bertz CT molecular complexity index is 1390. The summed E-state index contributed by atoms with van der Waals surface area (Å²) >= 11 is 0. The van der Waals surface area contributed by atoms with Gasteiger partial charge in [0.1, 0.15) is 11.6 Å². The Kier molecular flexibility index (Phi) is 6.35. The number of hydrogen-bond acceptors (Lipinski definition) is 5. The first kappa shape index (κ1) is 24.7. The standard InChI is InChI=1S/C29H28F3N5/c1-28(2,3)20-11-13-21(14-12-20)34-26-22-15-17-37(27-23(29(30,31)32)10-7-16-33-27)18-24(22)35-25(36-26)19-8-5-4-6-9-19/h4-14,16H,15,17-18H2,1-3H3,(H,34,35,36). The lowest BCUT2D eigenvalue weighted by Gasteiger charge is -2.32. The van der Waals surface area contributed by atoms with Gasteiger partial charge in [0.2, 0.25) is 0 Å². The number of hydrogen-bond donors (Lipinski definition) is 1. The van der Waals surface area contributed by atoms with Crippen LogP contribution in [0.4, 0.5) is 30.5 Å². The SMILES string of the molecule is CC(C)(C)c1ccc(Nc2nc(-c3ccccc3)nc3c2CCN(c2ncccc2C(F)(F)F)C3)cc1. The Hall–Kier alpha value is -3.94. The van der Waals surface area contributed by atoms with Crippen LogP contribution < -0.4 is 10.2 Å². The van der Waals surface area contributed by atoms with Crippen LogP contribution in [0.15, 0.2) is 72.9 Å². The molecule has 0 radical (unpaired) electrons. The van der Waals surface area contributed by atoms with E-state index >= 15 is 0 Å². The van der Waals surface area contributed by atoms with E-state index in [1.807, 2.05) is 42.5 Å². The minimum atomic E-state index is -4.49. The molecule has 5 nitrogen and oxygen atoms in total. The smallest absolute Gasteiger partial charge is 0.350 e. The minimum Gasteiger partial charge on any atom is -0.350 e. The number of halogens is 3. The molecule has 0 fully saturated rings. The quantitative estimate of drug-likeness (QED) is 0.320. The van der Waals surface area contributed by atoms with Crippen molar-refractivity contribution in [2.45, 2.75) is 45.3 Å². The monoisotopic (exact) mass is 503 g/mol. The van der Waals surface area contributed by atoms with E-state index in [2.05, 4.69) is 43.2 Å². The Morgan fingerprint density at radius 1 is 0.865 bits per heavy atom. The van der Waals surface area contributed by atoms with Crippen LogP contribution in [0.2, 0.25) is 0 Å². The number of fused-ring (bicyclic) bond motifs is 1. The van der Waals surface area contributed by atoms with Gasteiger partial charge in [-0.25, -0.2) is 15.0 Å². The van der Waals surface area contributed by atoms with Gasteiger partial charge in [-0.1, -0.05) is 63.2 Å². The highest BCUT2D eigenvalue weighted by Crippen LogP contribution is 2.38. The zero-order valence-corrected chi connectivity index (χ0v) is 21.0. The van der Waals surface area contributed by atoms with Gasteiger partial charge in [-0.05, 0) is 41.7 Å². The maximum atomic E-state index is 13.7. The summed E-state index contributed by atoms with van der Waals surface area (Å²) < 4.78 is 41.1. The predicted molar refractivity (Wildman–Crippen MR) is 140 cm³/mol. The van der Waals surface area contributed by atoms with Crippen molar-refractivity contribution in [3.8, 4) is 11.4 Å². The fourth-order valence-electron chi connectivity index (χ4n) is 4.49. The van der Waals surface area contributed by atoms with Crippen molar-refractivity contribution in [2.24, 2.45) is 0 Å². The van der Waals surface area contributed by atoms with E-state index in [9.17, 15) is 13.2 Å². The first-order valence-corrected chi connectivity index (χ1v) is 12.2. The van der Waals surface area contributed by atoms with E-state index < -0.39 is 11.7 Å². The summed E-state index contributed by atoms with van der Waals surface area (Å²) in [6.45, 7) is 7.08. The van der Waals surface area contributed by atoms with Crippen LogP contribution >= 0.6 is 0 Å². The van der Waals surface area contributed by atoms with Crippen LogP contribution in [0.3, 0.4) is 0 Å². The van der Waals surface area contributed by atoms with Crippen LogP contribution in [0, 0.1) is 0 Å². The van der Waals surface area contributed by atoms with E-state index in [1.165, 1.54) is 17.8 Å². The number of rotatable bonds is 4. The zero-order valence-electron chi connectivity index (χ0n) is 21.0. The topological polar surface area (TPSA) is 53.9 Å². The van der Waals surface area contributed by atoms with Gasteiger partial charge in [-0.2, -0.15) is 13.2 Å². The summed E-state index contributed by atoms with van der Waals surface area (Å²) in [6.07, 6.45) is -2.61. The second kappa shape index (κ2) is 9.50. The maximum absolute atomic E-state index is 13.7. The molecule has 2 aromatic carbocycles. The van der Waals surface area contributed by atoms with Crippen LogP contribution in [-0.4, -0.2) is 21.5 Å².